The van der Waals surface area contributed by atoms with E-state index in [1.807, 2.05) is 37.3 Å². The maximum absolute atomic E-state index is 12.4. The van der Waals surface area contributed by atoms with Crippen LogP contribution in [0, 0.1) is 12.8 Å². The van der Waals surface area contributed by atoms with Gasteiger partial charge in [0, 0.05) is 19.3 Å². The molecule has 6 nitrogen and oxygen atoms in total. The SMILES string of the molecule is COc1cccc2c1OC[C@H](C(=O)NCCNc1ncccc1C)C2. The largest absolute Gasteiger partial charge is 0.493 e. The number of methoxy groups -OCH3 is 1. The Morgan fingerprint density at radius 2 is 2.20 bits per heavy atom. The van der Waals surface area contributed by atoms with Gasteiger partial charge in [-0.05, 0) is 36.6 Å². The van der Waals surface area contributed by atoms with E-state index in [0.29, 0.717) is 31.9 Å². The van der Waals surface area contributed by atoms with E-state index >= 15 is 0 Å². The fraction of sp³-hybridized carbons (Fsp3) is 0.368. The Bertz CT molecular complexity index is 748. The highest BCUT2D eigenvalue weighted by molar-refractivity contribution is 5.79. The number of nitrogens with zero attached hydrogens (tertiary/aromatic N) is 1. The molecule has 1 aromatic heterocycles. The zero-order chi connectivity index (χ0) is 17.6. The van der Waals surface area contributed by atoms with Crippen molar-refractivity contribution in [3.63, 3.8) is 0 Å². The highest BCUT2D eigenvalue weighted by Crippen LogP contribution is 2.35. The predicted molar refractivity (Wildman–Crippen MR) is 96.2 cm³/mol. The molecule has 1 aliphatic heterocycles. The molecule has 0 fully saturated rings. The van der Waals surface area contributed by atoms with Crippen molar-refractivity contribution in [3.8, 4) is 11.5 Å². The van der Waals surface area contributed by atoms with Crippen LogP contribution in [0.5, 0.6) is 11.5 Å². The number of benzene rings is 1. The van der Waals surface area contributed by atoms with Crippen molar-refractivity contribution in [1.29, 1.82) is 0 Å². The lowest BCUT2D eigenvalue weighted by Crippen LogP contribution is -2.39. The van der Waals surface area contributed by atoms with E-state index in [9.17, 15) is 4.79 Å². The molecule has 0 spiro atoms. The highest BCUT2D eigenvalue weighted by Gasteiger charge is 2.27. The standard InChI is InChI=1S/C19H23N3O3/c1-13-5-4-8-20-18(13)21-9-10-22-19(23)15-11-14-6-3-7-16(24-2)17(14)25-12-15/h3-8,15H,9-12H2,1-2H3,(H,20,21)(H,22,23)/t15-/m1/s1. The van der Waals surface area contributed by atoms with E-state index in [1.54, 1.807) is 13.3 Å². The summed E-state index contributed by atoms with van der Waals surface area (Å²) in [5.41, 5.74) is 2.09. The summed E-state index contributed by atoms with van der Waals surface area (Å²) in [7, 11) is 1.62. The number of carbonyl (C=O) groups excluding carboxylic acids is 1. The van der Waals surface area contributed by atoms with Crippen LogP contribution in [-0.4, -0.2) is 37.7 Å². The summed E-state index contributed by atoms with van der Waals surface area (Å²) in [4.78, 5) is 16.6. The Morgan fingerprint density at radius 3 is 3.00 bits per heavy atom. The molecule has 2 N–H and O–H groups in total. The molecular formula is C19H23N3O3. The summed E-state index contributed by atoms with van der Waals surface area (Å²) in [5, 5.41) is 6.19. The van der Waals surface area contributed by atoms with Gasteiger partial charge in [0.15, 0.2) is 11.5 Å². The van der Waals surface area contributed by atoms with Gasteiger partial charge in [-0.25, -0.2) is 4.98 Å². The third kappa shape index (κ3) is 4.02. The average Bonchev–Trinajstić information content (AvgIpc) is 2.65. The maximum atomic E-state index is 12.4. The molecule has 2 heterocycles. The molecule has 0 bridgehead atoms. The number of amides is 1. The van der Waals surface area contributed by atoms with Crippen molar-refractivity contribution in [2.45, 2.75) is 13.3 Å². The zero-order valence-electron chi connectivity index (χ0n) is 14.5. The molecule has 0 saturated heterocycles. The van der Waals surface area contributed by atoms with Gasteiger partial charge in [-0.1, -0.05) is 18.2 Å². The van der Waals surface area contributed by atoms with Crippen molar-refractivity contribution in [2.24, 2.45) is 5.92 Å². The van der Waals surface area contributed by atoms with Crippen LogP contribution in [-0.2, 0) is 11.2 Å². The van der Waals surface area contributed by atoms with Crippen molar-refractivity contribution in [3.05, 3.63) is 47.7 Å². The van der Waals surface area contributed by atoms with Crippen LogP contribution >= 0.6 is 0 Å². The van der Waals surface area contributed by atoms with Gasteiger partial charge in [0.2, 0.25) is 5.91 Å². The van der Waals surface area contributed by atoms with E-state index < -0.39 is 0 Å². The summed E-state index contributed by atoms with van der Waals surface area (Å²) < 4.78 is 11.1. The lowest BCUT2D eigenvalue weighted by molar-refractivity contribution is -0.126. The number of hydrogen-bond donors (Lipinski definition) is 2. The third-order valence-electron chi connectivity index (χ3n) is 4.27. The quantitative estimate of drug-likeness (QED) is 0.788. The number of anilines is 1. The van der Waals surface area contributed by atoms with Gasteiger partial charge in [-0.2, -0.15) is 0 Å². The molecule has 0 unspecified atom stereocenters. The molecule has 0 aliphatic carbocycles. The van der Waals surface area contributed by atoms with Crippen LogP contribution in [0.1, 0.15) is 11.1 Å². The smallest absolute Gasteiger partial charge is 0.226 e. The second-order valence-electron chi connectivity index (χ2n) is 6.05. The zero-order valence-corrected chi connectivity index (χ0v) is 14.5. The number of aromatic nitrogens is 1. The molecule has 1 atom stereocenters. The van der Waals surface area contributed by atoms with Crippen molar-refractivity contribution < 1.29 is 14.3 Å². The number of nitrogens with one attached hydrogen (secondary N) is 2. The summed E-state index contributed by atoms with van der Waals surface area (Å²) >= 11 is 0. The monoisotopic (exact) mass is 341 g/mol. The Balaban J connectivity index is 1.48. The molecule has 25 heavy (non-hydrogen) atoms. The molecule has 0 radical (unpaired) electrons. The fourth-order valence-corrected chi connectivity index (χ4v) is 2.90. The maximum Gasteiger partial charge on any atom is 0.226 e. The Morgan fingerprint density at radius 1 is 1.32 bits per heavy atom. The van der Waals surface area contributed by atoms with Crippen LogP contribution in [0.25, 0.3) is 0 Å². The number of rotatable bonds is 6. The third-order valence-corrected chi connectivity index (χ3v) is 4.27. The molecule has 1 aromatic carbocycles. The number of pyridine rings is 1. The number of para-hydroxylation sites is 1. The van der Waals surface area contributed by atoms with Gasteiger partial charge in [0.25, 0.3) is 0 Å². The number of carbonyl (C=O) groups is 1. The molecule has 3 rings (SSSR count). The topological polar surface area (TPSA) is 72.5 Å². The first-order valence-electron chi connectivity index (χ1n) is 8.41. The van der Waals surface area contributed by atoms with E-state index in [1.165, 1.54) is 0 Å². The first-order valence-corrected chi connectivity index (χ1v) is 8.41. The summed E-state index contributed by atoms with van der Waals surface area (Å²) in [6.07, 6.45) is 2.41. The van der Waals surface area contributed by atoms with Crippen LogP contribution in [0.2, 0.25) is 0 Å². The van der Waals surface area contributed by atoms with E-state index in [-0.39, 0.29) is 11.8 Å². The summed E-state index contributed by atoms with van der Waals surface area (Å²) in [6.45, 7) is 3.53. The molecule has 1 aliphatic rings. The summed E-state index contributed by atoms with van der Waals surface area (Å²) in [5.74, 6) is 2.13. The number of fused-ring (bicyclic) bond motifs is 1. The van der Waals surface area contributed by atoms with Gasteiger partial charge >= 0.3 is 0 Å². The predicted octanol–water partition coefficient (Wildman–Crippen LogP) is 2.18. The Kier molecular flexibility index (Phi) is 5.38. The molecular weight excluding hydrogens is 318 g/mol. The van der Waals surface area contributed by atoms with Gasteiger partial charge in [0.1, 0.15) is 12.4 Å². The number of aryl methyl sites for hydroxylation is 1. The minimum absolute atomic E-state index is 0.00742. The van der Waals surface area contributed by atoms with Crippen LogP contribution < -0.4 is 20.1 Å². The first kappa shape index (κ1) is 17.1. The van der Waals surface area contributed by atoms with Crippen LogP contribution in [0.4, 0.5) is 5.82 Å². The summed E-state index contributed by atoms with van der Waals surface area (Å²) in [6, 6.07) is 9.66. The molecule has 132 valence electrons. The second kappa shape index (κ2) is 7.88. The van der Waals surface area contributed by atoms with Crippen molar-refractivity contribution >= 4 is 11.7 Å². The molecule has 2 aromatic rings. The normalized spacial score (nSPS) is 15.7. The van der Waals surface area contributed by atoms with Crippen LogP contribution in [0.3, 0.4) is 0 Å². The second-order valence-corrected chi connectivity index (χ2v) is 6.05. The minimum atomic E-state index is -0.184. The fourth-order valence-electron chi connectivity index (χ4n) is 2.90. The minimum Gasteiger partial charge on any atom is -0.493 e. The average molecular weight is 341 g/mol. The molecule has 0 saturated carbocycles. The Labute approximate surface area is 147 Å². The van der Waals surface area contributed by atoms with E-state index in [4.69, 9.17) is 9.47 Å². The molecule has 6 heteroatoms. The first-order chi connectivity index (χ1) is 12.2. The van der Waals surface area contributed by atoms with Crippen molar-refractivity contribution in [1.82, 2.24) is 10.3 Å². The van der Waals surface area contributed by atoms with E-state index in [2.05, 4.69) is 15.6 Å². The number of ether oxygens (including phenoxy) is 2. The number of hydrogen-bond acceptors (Lipinski definition) is 5. The van der Waals surface area contributed by atoms with Crippen molar-refractivity contribution in [2.75, 3.05) is 32.1 Å². The van der Waals surface area contributed by atoms with E-state index in [0.717, 1.165) is 22.7 Å². The lowest BCUT2D eigenvalue weighted by Gasteiger charge is -2.25. The van der Waals surface area contributed by atoms with Crippen LogP contribution in [0.15, 0.2) is 36.5 Å². The molecule has 1 amide bonds. The van der Waals surface area contributed by atoms with Gasteiger partial charge in [0.05, 0.1) is 13.0 Å². The van der Waals surface area contributed by atoms with Gasteiger partial charge in [-0.3, -0.25) is 4.79 Å². The lowest BCUT2D eigenvalue weighted by atomic mass is 9.95. The van der Waals surface area contributed by atoms with Gasteiger partial charge in [-0.15, -0.1) is 0 Å². The van der Waals surface area contributed by atoms with Gasteiger partial charge < -0.3 is 20.1 Å². The highest BCUT2D eigenvalue weighted by atomic mass is 16.5. The Hall–Kier alpha value is -2.76.